The molecular formula is C13H22N2O2. The predicted octanol–water partition coefficient (Wildman–Crippen LogP) is 1.16. The summed E-state index contributed by atoms with van der Waals surface area (Å²) in [6, 6.07) is 0. The highest BCUT2D eigenvalue weighted by molar-refractivity contribution is 5.89. The summed E-state index contributed by atoms with van der Waals surface area (Å²) in [7, 11) is 0. The van der Waals surface area contributed by atoms with Gasteiger partial charge in [-0.2, -0.15) is 0 Å². The van der Waals surface area contributed by atoms with Gasteiger partial charge in [-0.3, -0.25) is 9.59 Å². The maximum Gasteiger partial charge on any atom is 0.225 e. The summed E-state index contributed by atoms with van der Waals surface area (Å²) in [6.45, 7) is 7.35. The molecule has 2 rings (SSSR count). The molecule has 1 atom stereocenters. The van der Waals surface area contributed by atoms with Crippen LogP contribution in [-0.2, 0) is 9.59 Å². The Morgan fingerprint density at radius 3 is 2.59 bits per heavy atom. The molecule has 0 aromatic heterocycles. The number of amides is 2. The van der Waals surface area contributed by atoms with Crippen molar-refractivity contribution in [2.45, 2.75) is 45.6 Å². The molecule has 2 amide bonds. The van der Waals surface area contributed by atoms with E-state index in [-0.39, 0.29) is 23.3 Å². The lowest BCUT2D eigenvalue weighted by Crippen LogP contribution is -2.44. The standard InChI is InChI=1S/C13H22N2O2/c1-13(2,3)14-12(17)10-6-11(16)15(8-10)7-9-4-5-9/h9-10H,4-8H2,1-3H3,(H,14,17)/t10-/m1/s1. The molecule has 0 unspecified atom stereocenters. The maximum absolute atomic E-state index is 12.0. The summed E-state index contributed by atoms with van der Waals surface area (Å²) in [6.07, 6.45) is 2.86. The third kappa shape index (κ3) is 3.45. The Bertz CT molecular complexity index is 329. The fourth-order valence-corrected chi connectivity index (χ4v) is 2.21. The van der Waals surface area contributed by atoms with Crippen molar-refractivity contribution in [3.63, 3.8) is 0 Å². The van der Waals surface area contributed by atoms with Gasteiger partial charge < -0.3 is 10.2 Å². The number of hydrogen-bond donors (Lipinski definition) is 1. The molecule has 0 spiro atoms. The Balaban J connectivity index is 1.86. The molecule has 1 aliphatic carbocycles. The van der Waals surface area contributed by atoms with Gasteiger partial charge in [0.05, 0.1) is 5.92 Å². The van der Waals surface area contributed by atoms with Crippen molar-refractivity contribution in [1.82, 2.24) is 10.2 Å². The van der Waals surface area contributed by atoms with E-state index in [2.05, 4.69) is 5.32 Å². The van der Waals surface area contributed by atoms with Crippen molar-refractivity contribution in [2.75, 3.05) is 13.1 Å². The zero-order chi connectivity index (χ0) is 12.6. The topological polar surface area (TPSA) is 49.4 Å². The lowest BCUT2D eigenvalue weighted by molar-refractivity contribution is -0.129. The van der Waals surface area contributed by atoms with E-state index in [1.54, 1.807) is 0 Å². The van der Waals surface area contributed by atoms with Crippen LogP contribution in [0.3, 0.4) is 0 Å². The van der Waals surface area contributed by atoms with E-state index in [0.29, 0.717) is 18.9 Å². The van der Waals surface area contributed by atoms with Crippen LogP contribution in [0.15, 0.2) is 0 Å². The molecule has 4 heteroatoms. The summed E-state index contributed by atoms with van der Waals surface area (Å²) < 4.78 is 0. The van der Waals surface area contributed by atoms with Gasteiger partial charge in [-0.1, -0.05) is 0 Å². The average molecular weight is 238 g/mol. The minimum atomic E-state index is -0.218. The zero-order valence-electron chi connectivity index (χ0n) is 11.0. The number of nitrogens with zero attached hydrogens (tertiary/aromatic N) is 1. The van der Waals surface area contributed by atoms with Crippen LogP contribution in [0.2, 0.25) is 0 Å². The second-order valence-electron chi connectivity index (χ2n) is 6.38. The molecule has 0 radical (unpaired) electrons. The summed E-state index contributed by atoms with van der Waals surface area (Å²) in [5.74, 6) is 0.707. The molecule has 1 saturated carbocycles. The number of carbonyl (C=O) groups excluding carboxylic acids is 2. The highest BCUT2D eigenvalue weighted by atomic mass is 16.2. The first-order valence-corrected chi connectivity index (χ1v) is 6.45. The molecule has 96 valence electrons. The van der Waals surface area contributed by atoms with Gasteiger partial charge in [-0.05, 0) is 39.5 Å². The van der Waals surface area contributed by atoms with Crippen LogP contribution in [0.5, 0.6) is 0 Å². The third-order valence-electron chi connectivity index (χ3n) is 3.26. The van der Waals surface area contributed by atoms with Crippen LogP contribution in [0, 0.1) is 11.8 Å². The molecule has 4 nitrogen and oxygen atoms in total. The average Bonchev–Trinajstić information content (AvgIpc) is 2.89. The van der Waals surface area contributed by atoms with Crippen molar-refractivity contribution < 1.29 is 9.59 Å². The first-order chi connectivity index (χ1) is 7.85. The van der Waals surface area contributed by atoms with Crippen LogP contribution < -0.4 is 5.32 Å². The summed E-state index contributed by atoms with van der Waals surface area (Å²) in [4.78, 5) is 25.6. The summed E-state index contributed by atoms with van der Waals surface area (Å²) in [5.41, 5.74) is -0.218. The molecule has 0 bridgehead atoms. The summed E-state index contributed by atoms with van der Waals surface area (Å²) in [5, 5.41) is 2.95. The van der Waals surface area contributed by atoms with Gasteiger partial charge in [0.15, 0.2) is 0 Å². The molecule has 1 heterocycles. The number of carbonyl (C=O) groups is 2. The SMILES string of the molecule is CC(C)(C)NC(=O)[C@@H]1CC(=O)N(CC2CC2)C1. The first-order valence-electron chi connectivity index (χ1n) is 6.45. The summed E-state index contributed by atoms with van der Waals surface area (Å²) >= 11 is 0. The minimum Gasteiger partial charge on any atom is -0.351 e. The van der Waals surface area contributed by atoms with Gasteiger partial charge in [0.25, 0.3) is 0 Å². The lowest BCUT2D eigenvalue weighted by Gasteiger charge is -2.23. The van der Waals surface area contributed by atoms with E-state index in [9.17, 15) is 9.59 Å². The van der Waals surface area contributed by atoms with Crippen molar-refractivity contribution in [3.05, 3.63) is 0 Å². The molecule has 1 N–H and O–H groups in total. The monoisotopic (exact) mass is 238 g/mol. The molecule has 2 fully saturated rings. The quantitative estimate of drug-likeness (QED) is 0.802. The molecule has 0 aromatic rings. The minimum absolute atomic E-state index is 0.0177. The van der Waals surface area contributed by atoms with Crippen LogP contribution in [-0.4, -0.2) is 35.3 Å². The Morgan fingerprint density at radius 1 is 1.41 bits per heavy atom. The molecular weight excluding hydrogens is 216 g/mol. The maximum atomic E-state index is 12.0. The van der Waals surface area contributed by atoms with Crippen LogP contribution in [0.25, 0.3) is 0 Å². The van der Waals surface area contributed by atoms with Gasteiger partial charge in [0.1, 0.15) is 0 Å². The molecule has 1 saturated heterocycles. The van der Waals surface area contributed by atoms with Gasteiger partial charge in [0.2, 0.25) is 11.8 Å². The van der Waals surface area contributed by atoms with Crippen LogP contribution in [0.4, 0.5) is 0 Å². The number of nitrogens with one attached hydrogen (secondary N) is 1. The largest absolute Gasteiger partial charge is 0.351 e. The van der Waals surface area contributed by atoms with Crippen molar-refractivity contribution in [1.29, 1.82) is 0 Å². The third-order valence-corrected chi connectivity index (χ3v) is 3.26. The van der Waals surface area contributed by atoms with E-state index in [1.165, 1.54) is 12.8 Å². The van der Waals surface area contributed by atoms with Gasteiger partial charge >= 0.3 is 0 Å². The number of likely N-dealkylation sites (tertiary alicyclic amines) is 1. The number of hydrogen-bond acceptors (Lipinski definition) is 2. The van der Waals surface area contributed by atoms with E-state index in [4.69, 9.17) is 0 Å². The smallest absolute Gasteiger partial charge is 0.225 e. The highest BCUT2D eigenvalue weighted by Gasteiger charge is 2.37. The van der Waals surface area contributed by atoms with Crippen LogP contribution in [0.1, 0.15) is 40.0 Å². The Hall–Kier alpha value is -1.06. The first kappa shape index (κ1) is 12.4. The molecule has 1 aliphatic heterocycles. The second-order valence-corrected chi connectivity index (χ2v) is 6.38. The Labute approximate surface area is 103 Å². The van der Waals surface area contributed by atoms with Gasteiger partial charge in [0, 0.05) is 25.0 Å². The zero-order valence-corrected chi connectivity index (χ0v) is 11.0. The second kappa shape index (κ2) is 4.31. The highest BCUT2D eigenvalue weighted by Crippen LogP contribution is 2.32. The lowest BCUT2D eigenvalue weighted by atomic mass is 10.0. The molecule has 2 aliphatic rings. The van der Waals surface area contributed by atoms with E-state index >= 15 is 0 Å². The molecule has 0 aromatic carbocycles. The van der Waals surface area contributed by atoms with E-state index in [0.717, 1.165) is 6.54 Å². The van der Waals surface area contributed by atoms with E-state index in [1.807, 2.05) is 25.7 Å². The normalized spacial score (nSPS) is 25.2. The Morgan fingerprint density at radius 2 is 2.06 bits per heavy atom. The Kier molecular flexibility index (Phi) is 3.15. The fraction of sp³-hybridized carbons (Fsp3) is 0.846. The van der Waals surface area contributed by atoms with Crippen LogP contribution >= 0.6 is 0 Å². The molecule has 17 heavy (non-hydrogen) atoms. The number of rotatable bonds is 3. The van der Waals surface area contributed by atoms with Gasteiger partial charge in [-0.15, -0.1) is 0 Å². The van der Waals surface area contributed by atoms with Crippen molar-refractivity contribution in [3.8, 4) is 0 Å². The van der Waals surface area contributed by atoms with Gasteiger partial charge in [-0.25, -0.2) is 0 Å². The fourth-order valence-electron chi connectivity index (χ4n) is 2.21. The van der Waals surface area contributed by atoms with Crippen molar-refractivity contribution in [2.24, 2.45) is 11.8 Å². The predicted molar refractivity (Wildman–Crippen MR) is 65.3 cm³/mol. The van der Waals surface area contributed by atoms with E-state index < -0.39 is 0 Å². The van der Waals surface area contributed by atoms with Crippen molar-refractivity contribution >= 4 is 11.8 Å².